The molecule has 0 saturated carbocycles. The highest BCUT2D eigenvalue weighted by molar-refractivity contribution is 7.89. The summed E-state index contributed by atoms with van der Waals surface area (Å²) in [5.74, 6) is 5.23. The predicted octanol–water partition coefficient (Wildman–Crippen LogP) is 1.61. The molecule has 8 nitrogen and oxygen atoms in total. The zero-order chi connectivity index (χ0) is 16.2. The lowest BCUT2D eigenvalue weighted by Crippen LogP contribution is -2.28. The van der Waals surface area contributed by atoms with Crippen molar-refractivity contribution in [1.82, 2.24) is 4.31 Å². The zero-order valence-electron chi connectivity index (χ0n) is 12.3. The van der Waals surface area contributed by atoms with Gasteiger partial charge >= 0.3 is 0 Å². The number of nitrogens with two attached hydrogens (primary N) is 1. The summed E-state index contributed by atoms with van der Waals surface area (Å²) in [6.45, 7) is 3.90. The van der Waals surface area contributed by atoms with E-state index in [1.807, 2.05) is 6.92 Å². The molecule has 0 amide bonds. The van der Waals surface area contributed by atoms with Gasteiger partial charge < -0.3 is 5.43 Å². The van der Waals surface area contributed by atoms with Gasteiger partial charge in [-0.15, -0.1) is 0 Å². The molecule has 0 radical (unpaired) electrons. The summed E-state index contributed by atoms with van der Waals surface area (Å²) in [6.07, 6.45) is 1.58. The van der Waals surface area contributed by atoms with E-state index in [1.54, 1.807) is 6.92 Å². The van der Waals surface area contributed by atoms with Crippen LogP contribution in [0.5, 0.6) is 0 Å². The minimum absolute atomic E-state index is 0.0765. The summed E-state index contributed by atoms with van der Waals surface area (Å²) in [5, 5.41) is 11.0. The fourth-order valence-electron chi connectivity index (χ4n) is 1.89. The summed E-state index contributed by atoms with van der Waals surface area (Å²) < 4.78 is 26.2. The Labute approximate surface area is 124 Å². The number of hydrogen-bond acceptors (Lipinski definition) is 6. The molecule has 21 heavy (non-hydrogen) atoms. The Morgan fingerprint density at radius 2 is 2.05 bits per heavy atom. The van der Waals surface area contributed by atoms with Crippen molar-refractivity contribution in [2.75, 3.05) is 19.0 Å². The summed E-state index contributed by atoms with van der Waals surface area (Å²) in [5.41, 5.74) is 2.32. The predicted molar refractivity (Wildman–Crippen MR) is 80.4 cm³/mol. The highest BCUT2D eigenvalue weighted by atomic mass is 32.2. The van der Waals surface area contributed by atoms with Crippen LogP contribution in [0.4, 0.5) is 11.4 Å². The molecule has 0 heterocycles. The maximum Gasteiger partial charge on any atom is 0.295 e. The molecule has 1 aromatic rings. The van der Waals surface area contributed by atoms with Crippen LogP contribution < -0.4 is 11.3 Å². The Balaban J connectivity index is 3.36. The van der Waals surface area contributed by atoms with Crippen molar-refractivity contribution in [2.45, 2.75) is 31.6 Å². The molecule has 118 valence electrons. The second-order valence-electron chi connectivity index (χ2n) is 4.72. The molecule has 0 aromatic heterocycles. The SMILES string of the molecule is CCCCN(C)S(=O)(=O)c1cc([N+](=O)[O-])c(NN)cc1C. The second kappa shape index (κ2) is 6.83. The van der Waals surface area contributed by atoms with Gasteiger partial charge in [-0.05, 0) is 25.0 Å². The number of sulfonamides is 1. The molecule has 0 aliphatic heterocycles. The molecule has 1 rings (SSSR count). The third-order valence-electron chi connectivity index (χ3n) is 3.16. The quantitative estimate of drug-likeness (QED) is 0.448. The molecular formula is C12H20N4O4S. The summed E-state index contributed by atoms with van der Waals surface area (Å²) in [6, 6.07) is 2.40. The second-order valence-corrected chi connectivity index (χ2v) is 6.73. The van der Waals surface area contributed by atoms with Gasteiger partial charge in [-0.1, -0.05) is 13.3 Å². The minimum Gasteiger partial charge on any atom is -0.318 e. The summed E-state index contributed by atoms with van der Waals surface area (Å²) in [7, 11) is -2.30. The Morgan fingerprint density at radius 1 is 1.43 bits per heavy atom. The van der Waals surface area contributed by atoms with Crippen molar-refractivity contribution in [1.29, 1.82) is 0 Å². The molecule has 3 N–H and O–H groups in total. The number of nitro benzene ring substituents is 1. The smallest absolute Gasteiger partial charge is 0.295 e. The lowest BCUT2D eigenvalue weighted by atomic mass is 10.2. The highest BCUT2D eigenvalue weighted by Gasteiger charge is 2.27. The third-order valence-corrected chi connectivity index (χ3v) is 5.16. The van der Waals surface area contributed by atoms with E-state index in [0.29, 0.717) is 12.1 Å². The molecular weight excluding hydrogens is 296 g/mol. The van der Waals surface area contributed by atoms with Gasteiger partial charge in [0.25, 0.3) is 5.69 Å². The van der Waals surface area contributed by atoms with Crippen molar-refractivity contribution in [3.8, 4) is 0 Å². The molecule has 0 aliphatic carbocycles. The number of hydrogen-bond donors (Lipinski definition) is 2. The van der Waals surface area contributed by atoms with Gasteiger partial charge in [-0.25, -0.2) is 12.7 Å². The first kappa shape index (κ1) is 17.3. The van der Waals surface area contributed by atoms with E-state index in [-0.39, 0.29) is 16.3 Å². The van der Waals surface area contributed by atoms with E-state index in [0.717, 1.165) is 18.9 Å². The number of benzene rings is 1. The van der Waals surface area contributed by atoms with Crippen LogP contribution in [0.15, 0.2) is 17.0 Å². The number of unbranched alkanes of at least 4 members (excludes halogenated alkanes) is 1. The van der Waals surface area contributed by atoms with Crippen molar-refractivity contribution >= 4 is 21.4 Å². The van der Waals surface area contributed by atoms with E-state index in [4.69, 9.17) is 5.84 Å². The summed E-state index contributed by atoms with van der Waals surface area (Å²) in [4.78, 5) is 10.3. The third kappa shape index (κ3) is 3.69. The lowest BCUT2D eigenvalue weighted by Gasteiger charge is -2.18. The molecule has 0 aliphatic rings. The van der Waals surface area contributed by atoms with Gasteiger partial charge in [0.05, 0.1) is 9.82 Å². The molecule has 0 fully saturated rings. The lowest BCUT2D eigenvalue weighted by molar-refractivity contribution is -0.384. The topological polar surface area (TPSA) is 119 Å². The number of nitrogen functional groups attached to an aromatic ring is 1. The van der Waals surface area contributed by atoms with Crippen LogP contribution in [0.25, 0.3) is 0 Å². The molecule has 0 unspecified atom stereocenters. The van der Waals surface area contributed by atoms with Gasteiger partial charge in [0, 0.05) is 19.7 Å². The van der Waals surface area contributed by atoms with Gasteiger partial charge in [-0.2, -0.15) is 0 Å². The van der Waals surface area contributed by atoms with Crippen molar-refractivity contribution in [3.05, 3.63) is 27.8 Å². The maximum absolute atomic E-state index is 12.5. The Hall–Kier alpha value is -1.71. The molecule has 0 saturated heterocycles. The number of hydrazine groups is 1. The molecule has 0 atom stereocenters. The molecule has 9 heteroatoms. The van der Waals surface area contributed by atoms with Crippen LogP contribution in [0, 0.1) is 17.0 Å². The molecule has 0 spiro atoms. The zero-order valence-corrected chi connectivity index (χ0v) is 13.1. The van der Waals surface area contributed by atoms with Crippen LogP contribution in [0.3, 0.4) is 0 Å². The van der Waals surface area contributed by atoms with Gasteiger partial charge in [-0.3, -0.25) is 16.0 Å². The number of nitrogens with zero attached hydrogens (tertiary/aromatic N) is 2. The fraction of sp³-hybridized carbons (Fsp3) is 0.500. The largest absolute Gasteiger partial charge is 0.318 e. The fourth-order valence-corrected chi connectivity index (χ4v) is 3.32. The first-order chi connectivity index (χ1) is 9.75. The summed E-state index contributed by atoms with van der Waals surface area (Å²) >= 11 is 0. The van der Waals surface area contributed by atoms with Crippen LogP contribution in [-0.2, 0) is 10.0 Å². The number of nitro groups is 1. The van der Waals surface area contributed by atoms with E-state index < -0.39 is 14.9 Å². The number of aryl methyl sites for hydroxylation is 1. The van der Waals surface area contributed by atoms with Crippen LogP contribution in [-0.4, -0.2) is 31.2 Å². The van der Waals surface area contributed by atoms with Crippen molar-refractivity contribution < 1.29 is 13.3 Å². The standard InChI is InChI=1S/C12H20N4O4S/c1-4-5-6-15(3)21(19,20)12-8-11(16(17)18)10(14-13)7-9(12)2/h7-8,14H,4-6,13H2,1-3H3. The average molecular weight is 316 g/mol. The first-order valence-electron chi connectivity index (χ1n) is 6.47. The average Bonchev–Trinajstić information content (AvgIpc) is 2.43. The minimum atomic E-state index is -3.76. The molecule has 0 bridgehead atoms. The Kier molecular flexibility index (Phi) is 5.64. The van der Waals surface area contributed by atoms with E-state index >= 15 is 0 Å². The number of nitrogens with one attached hydrogen (secondary N) is 1. The first-order valence-corrected chi connectivity index (χ1v) is 7.91. The van der Waals surface area contributed by atoms with Gasteiger partial charge in [0.15, 0.2) is 0 Å². The maximum atomic E-state index is 12.5. The number of rotatable bonds is 7. The van der Waals surface area contributed by atoms with E-state index in [1.165, 1.54) is 17.4 Å². The van der Waals surface area contributed by atoms with Gasteiger partial charge in [0.2, 0.25) is 10.0 Å². The van der Waals surface area contributed by atoms with Crippen LogP contribution in [0.2, 0.25) is 0 Å². The van der Waals surface area contributed by atoms with E-state index in [9.17, 15) is 18.5 Å². The van der Waals surface area contributed by atoms with Crippen LogP contribution >= 0.6 is 0 Å². The molecule has 1 aromatic carbocycles. The van der Waals surface area contributed by atoms with Gasteiger partial charge in [0.1, 0.15) is 5.69 Å². The normalized spacial score (nSPS) is 11.7. The van der Waals surface area contributed by atoms with Crippen molar-refractivity contribution in [3.63, 3.8) is 0 Å². The highest BCUT2D eigenvalue weighted by Crippen LogP contribution is 2.31. The number of anilines is 1. The Bertz CT molecular complexity index is 630. The van der Waals surface area contributed by atoms with Crippen molar-refractivity contribution in [2.24, 2.45) is 5.84 Å². The monoisotopic (exact) mass is 316 g/mol. The van der Waals surface area contributed by atoms with E-state index in [2.05, 4.69) is 5.43 Å². The van der Waals surface area contributed by atoms with Crippen LogP contribution in [0.1, 0.15) is 25.3 Å². The Morgan fingerprint density at radius 3 is 2.52 bits per heavy atom.